The Balaban J connectivity index is 0.809. The molecular formula is C30H30F3N7O3. The molecule has 0 aromatic carbocycles. The van der Waals surface area contributed by atoms with Crippen LogP contribution in [-0.2, 0) is 15.7 Å². The molecule has 1 atom stereocenters. The van der Waals surface area contributed by atoms with Gasteiger partial charge in [0.2, 0.25) is 5.91 Å². The molecule has 8 aliphatic rings. The molecule has 1 N–H and O–H groups in total. The number of carbonyl (C=O) groups is 1. The topological polar surface area (TPSA) is 118 Å². The van der Waals surface area contributed by atoms with Crippen molar-refractivity contribution >= 4 is 17.4 Å². The van der Waals surface area contributed by atoms with Gasteiger partial charge < -0.3 is 19.4 Å². The zero-order valence-electron chi connectivity index (χ0n) is 23.3. The fraction of sp³-hybridized carbons (Fsp3) is 0.633. The molecule has 1 amide bonds. The van der Waals surface area contributed by atoms with E-state index < -0.39 is 17.3 Å². The number of H-pyrrole nitrogens is 1. The highest BCUT2D eigenvalue weighted by molar-refractivity contribution is 5.92. The van der Waals surface area contributed by atoms with Crippen LogP contribution in [0.25, 0.3) is 0 Å². The van der Waals surface area contributed by atoms with E-state index in [0.717, 1.165) is 31.5 Å². The van der Waals surface area contributed by atoms with Crippen molar-refractivity contribution in [2.75, 3.05) is 55.7 Å². The van der Waals surface area contributed by atoms with Gasteiger partial charge in [-0.1, -0.05) is 0 Å². The third kappa shape index (κ3) is 2.85. The van der Waals surface area contributed by atoms with Gasteiger partial charge in [0, 0.05) is 44.3 Å². The van der Waals surface area contributed by atoms with Crippen molar-refractivity contribution in [3.63, 3.8) is 0 Å². The first-order valence-electron chi connectivity index (χ1n) is 15.1. The van der Waals surface area contributed by atoms with Crippen molar-refractivity contribution in [2.45, 2.75) is 25.1 Å². The van der Waals surface area contributed by atoms with E-state index in [2.05, 4.69) is 26.0 Å². The number of rotatable bonds is 7. The number of alkyl halides is 3. The van der Waals surface area contributed by atoms with E-state index in [9.17, 15) is 22.8 Å². The Hall–Kier alpha value is -3.66. The van der Waals surface area contributed by atoms with Crippen LogP contribution < -0.4 is 15.4 Å². The average Bonchev–Trinajstić information content (AvgIpc) is 3.49. The summed E-state index contributed by atoms with van der Waals surface area (Å²) in [6, 6.07) is 5.48. The number of hydrogen-bond acceptors (Lipinski definition) is 8. The molecule has 2 aromatic heterocycles. The Morgan fingerprint density at radius 2 is 1.79 bits per heavy atom. The number of aromatic amines is 1. The quantitative estimate of drug-likeness (QED) is 0.519. The summed E-state index contributed by atoms with van der Waals surface area (Å²) in [5, 5.41) is 14.6. The van der Waals surface area contributed by atoms with Gasteiger partial charge in [-0.15, -0.1) is 0 Å². The van der Waals surface area contributed by atoms with Crippen LogP contribution >= 0.6 is 0 Å². The lowest BCUT2D eigenvalue weighted by atomic mass is 8.92. The smallest absolute Gasteiger partial charge is 0.379 e. The first kappa shape index (κ1) is 25.8. The first-order valence-corrected chi connectivity index (χ1v) is 15.1. The molecule has 10 rings (SSSR count). The average molecular weight is 594 g/mol. The van der Waals surface area contributed by atoms with E-state index in [1.807, 2.05) is 11.2 Å². The molecule has 8 fully saturated rings. The van der Waals surface area contributed by atoms with Crippen molar-refractivity contribution in [3.05, 3.63) is 46.0 Å². The second-order valence-electron chi connectivity index (χ2n) is 13.5. The van der Waals surface area contributed by atoms with Gasteiger partial charge in [-0.3, -0.25) is 9.59 Å². The molecule has 4 heterocycles. The Bertz CT molecular complexity index is 1570. The summed E-state index contributed by atoms with van der Waals surface area (Å²) in [7, 11) is 0. The number of ether oxygens (including phenoxy) is 1. The summed E-state index contributed by atoms with van der Waals surface area (Å²) >= 11 is 0. The number of amides is 1. The highest BCUT2D eigenvalue weighted by Gasteiger charge is 3.11. The Morgan fingerprint density at radius 1 is 1.07 bits per heavy atom. The summed E-state index contributed by atoms with van der Waals surface area (Å²) in [5.41, 5.74) is -2.03. The molecular weight excluding hydrogens is 563 g/mol. The molecule has 0 bridgehead atoms. The van der Waals surface area contributed by atoms with Crippen molar-refractivity contribution in [1.29, 1.82) is 5.26 Å². The molecule has 43 heavy (non-hydrogen) atoms. The van der Waals surface area contributed by atoms with Crippen LogP contribution in [0.3, 0.4) is 0 Å². The number of anilines is 2. The molecule has 0 radical (unpaired) electrons. The molecule has 2 aromatic rings. The molecule has 224 valence electrons. The lowest BCUT2D eigenvalue weighted by molar-refractivity contribution is -0.645. The van der Waals surface area contributed by atoms with E-state index in [4.69, 9.17) is 10.00 Å². The zero-order chi connectivity index (χ0) is 29.5. The van der Waals surface area contributed by atoms with Crippen LogP contribution in [0.4, 0.5) is 24.7 Å². The van der Waals surface area contributed by atoms with Crippen LogP contribution in [0.2, 0.25) is 0 Å². The minimum Gasteiger partial charge on any atom is -0.379 e. The molecule has 0 spiro atoms. The Kier molecular flexibility index (Phi) is 4.97. The number of aromatic nitrogens is 3. The summed E-state index contributed by atoms with van der Waals surface area (Å²) in [6.07, 6.45) is -0.657. The van der Waals surface area contributed by atoms with Gasteiger partial charge in [-0.05, 0) is 60.5 Å². The minimum atomic E-state index is -4.77. The van der Waals surface area contributed by atoms with Crippen LogP contribution in [0.15, 0.2) is 29.3 Å². The molecule has 10 nitrogen and oxygen atoms in total. The molecule has 2 aliphatic heterocycles. The van der Waals surface area contributed by atoms with Crippen LogP contribution in [0, 0.1) is 57.7 Å². The largest absolute Gasteiger partial charge is 0.423 e. The number of carbonyl (C=O) groups excluding carboxylic acids is 1. The number of nitriles is 1. The molecule has 6 aliphatic carbocycles. The van der Waals surface area contributed by atoms with Gasteiger partial charge in [0.1, 0.15) is 17.5 Å². The van der Waals surface area contributed by atoms with Gasteiger partial charge in [0.05, 0.1) is 42.1 Å². The van der Waals surface area contributed by atoms with Gasteiger partial charge in [0.15, 0.2) is 0 Å². The maximum absolute atomic E-state index is 13.8. The van der Waals surface area contributed by atoms with E-state index >= 15 is 0 Å². The number of pyridine rings is 1. The van der Waals surface area contributed by atoms with Gasteiger partial charge >= 0.3 is 6.18 Å². The number of hydrogen-bond donors (Lipinski definition) is 1. The number of piperazine rings is 1. The Morgan fingerprint density at radius 3 is 2.42 bits per heavy atom. The number of nitrogens with zero attached hydrogens (tertiary/aromatic N) is 6. The van der Waals surface area contributed by atoms with E-state index in [1.54, 1.807) is 17.2 Å². The van der Waals surface area contributed by atoms with Gasteiger partial charge in [-0.2, -0.15) is 23.5 Å². The third-order valence-corrected chi connectivity index (χ3v) is 12.4. The van der Waals surface area contributed by atoms with E-state index in [0.29, 0.717) is 86.2 Å². The number of nitrogens with one attached hydrogen (secondary N) is 1. The Labute approximate surface area is 244 Å². The lowest BCUT2D eigenvalue weighted by Gasteiger charge is -3.10. The predicted molar refractivity (Wildman–Crippen MR) is 145 cm³/mol. The zero-order valence-corrected chi connectivity index (χ0v) is 23.3. The molecule has 2 saturated heterocycles. The highest BCUT2D eigenvalue weighted by Crippen LogP contribution is 3.10. The van der Waals surface area contributed by atoms with Crippen molar-refractivity contribution < 1.29 is 22.7 Å². The lowest BCUT2D eigenvalue weighted by Crippen LogP contribution is -3.11. The summed E-state index contributed by atoms with van der Waals surface area (Å²) in [5.74, 6) is 4.24. The monoisotopic (exact) mass is 593 g/mol. The van der Waals surface area contributed by atoms with Gasteiger partial charge in [0.25, 0.3) is 5.56 Å². The fourth-order valence-electron chi connectivity index (χ4n) is 11.1. The first-order chi connectivity index (χ1) is 20.7. The predicted octanol–water partition coefficient (Wildman–Crippen LogP) is 2.13. The number of halogens is 3. The third-order valence-electron chi connectivity index (χ3n) is 12.4. The van der Waals surface area contributed by atoms with E-state index in [-0.39, 0.29) is 22.6 Å². The van der Waals surface area contributed by atoms with Crippen LogP contribution in [-0.4, -0.2) is 78.0 Å². The SMILES string of the molecule is N#Cc1ccc(N2CCN(C(=O)C34C5C6C3C3C4C5C63COC[C@@H]3CCCN3c3cn[nH]c(=O)c3C(F)(F)F)CC2)nc1. The highest BCUT2D eigenvalue weighted by atomic mass is 19.4. The van der Waals surface area contributed by atoms with Crippen molar-refractivity contribution in [3.8, 4) is 6.07 Å². The fourth-order valence-corrected chi connectivity index (χ4v) is 11.1. The van der Waals surface area contributed by atoms with Crippen molar-refractivity contribution in [2.24, 2.45) is 46.3 Å². The van der Waals surface area contributed by atoms with Crippen LogP contribution in [0.1, 0.15) is 24.0 Å². The second-order valence-corrected chi connectivity index (χ2v) is 13.5. The minimum absolute atomic E-state index is 0.139. The summed E-state index contributed by atoms with van der Waals surface area (Å²) in [6.45, 7) is 4.17. The van der Waals surface area contributed by atoms with Gasteiger partial charge in [-0.25, -0.2) is 10.1 Å². The van der Waals surface area contributed by atoms with Crippen molar-refractivity contribution in [1.82, 2.24) is 20.1 Å². The van der Waals surface area contributed by atoms with E-state index in [1.165, 1.54) is 0 Å². The maximum atomic E-state index is 13.8. The second kappa shape index (κ2) is 8.28. The molecule has 13 heteroatoms. The normalized spacial score (nSPS) is 39.1. The van der Waals surface area contributed by atoms with Crippen LogP contribution in [0.5, 0.6) is 0 Å². The standard InChI is InChI=1S/C30H30F3N7O3/c31-30(32,33)19-17(12-36-37-26(19)41)40-5-1-2-16(40)13-43-14-28-20-23-21(28)25-22(28)24(20)29(23,25)27(42)39-8-6-38(7-9-39)18-4-3-15(10-34)11-35-18/h3-4,11-12,16,20-25H,1-2,5-9,13-14H2,(H,37,41)/t16-,20?,21?,22?,23?,24?,25?,28?,29?/m0/s1. The maximum Gasteiger partial charge on any atom is 0.423 e. The summed E-state index contributed by atoms with van der Waals surface area (Å²) in [4.78, 5) is 36.0. The molecule has 6 saturated carbocycles. The summed E-state index contributed by atoms with van der Waals surface area (Å²) < 4.78 is 47.3. The molecule has 0 unspecified atom stereocenters.